The molecule has 0 radical (unpaired) electrons. The number of methoxy groups -OCH3 is 1. The molecule has 0 aromatic rings. The molecule has 0 spiro atoms. The highest BCUT2D eigenvalue weighted by Gasteiger charge is 2.08. The van der Waals surface area contributed by atoms with E-state index in [1.54, 1.807) is 6.92 Å². The summed E-state index contributed by atoms with van der Waals surface area (Å²) in [5.41, 5.74) is 0. The summed E-state index contributed by atoms with van der Waals surface area (Å²) in [5.74, 6) is -0.0521. The van der Waals surface area contributed by atoms with Crippen molar-refractivity contribution in [1.29, 1.82) is 0 Å². The average Bonchev–Trinajstić information content (AvgIpc) is 2.00. The lowest BCUT2D eigenvalue weighted by molar-refractivity contribution is 0.122. The van der Waals surface area contributed by atoms with Crippen molar-refractivity contribution in [3.63, 3.8) is 0 Å². The third-order valence-corrected chi connectivity index (χ3v) is 2.61. The van der Waals surface area contributed by atoms with Crippen LogP contribution in [0.5, 0.6) is 0 Å². The van der Waals surface area contributed by atoms with Gasteiger partial charge in [-0.15, -0.1) is 6.58 Å². The van der Waals surface area contributed by atoms with Crippen LogP contribution in [0.4, 0.5) is 0 Å². The van der Waals surface area contributed by atoms with Gasteiger partial charge in [-0.25, -0.2) is 13.1 Å². The van der Waals surface area contributed by atoms with Gasteiger partial charge in [-0.2, -0.15) is 0 Å². The monoisotopic (exact) mass is 193 g/mol. The van der Waals surface area contributed by atoms with E-state index in [-0.39, 0.29) is 11.9 Å². The van der Waals surface area contributed by atoms with E-state index in [4.69, 9.17) is 4.74 Å². The molecule has 0 saturated heterocycles. The standard InChI is InChI=1S/C7H15NO3S/c1-4-5-12(9,10)8-6-7(2)11-3/h4,7-8H,1,5-6H2,2-3H3. The quantitative estimate of drug-likeness (QED) is 0.610. The maximum Gasteiger partial charge on any atom is 0.215 e. The molecule has 0 aromatic heterocycles. The Kier molecular flexibility index (Phi) is 5.12. The molecule has 0 rings (SSSR count). The third kappa shape index (κ3) is 5.29. The van der Waals surface area contributed by atoms with Crippen LogP contribution in [-0.4, -0.2) is 33.9 Å². The van der Waals surface area contributed by atoms with E-state index in [1.165, 1.54) is 13.2 Å². The molecule has 0 aliphatic rings. The van der Waals surface area contributed by atoms with E-state index in [0.29, 0.717) is 6.54 Å². The van der Waals surface area contributed by atoms with Gasteiger partial charge in [0.2, 0.25) is 10.0 Å². The number of nitrogens with one attached hydrogen (secondary N) is 1. The molecule has 4 nitrogen and oxygen atoms in total. The summed E-state index contributed by atoms with van der Waals surface area (Å²) in [5, 5.41) is 0. The molecule has 0 amide bonds. The Morgan fingerprint density at radius 3 is 2.67 bits per heavy atom. The van der Waals surface area contributed by atoms with Gasteiger partial charge < -0.3 is 4.74 Å². The van der Waals surface area contributed by atoms with Gasteiger partial charge in [0.25, 0.3) is 0 Å². The fourth-order valence-electron chi connectivity index (χ4n) is 0.542. The van der Waals surface area contributed by atoms with E-state index < -0.39 is 10.0 Å². The normalized spacial score (nSPS) is 14.2. The number of hydrogen-bond donors (Lipinski definition) is 1. The minimum Gasteiger partial charge on any atom is -0.380 e. The number of ether oxygens (including phenoxy) is 1. The van der Waals surface area contributed by atoms with Gasteiger partial charge >= 0.3 is 0 Å². The molecule has 0 fully saturated rings. The van der Waals surface area contributed by atoms with E-state index in [2.05, 4.69) is 11.3 Å². The summed E-state index contributed by atoms with van der Waals surface area (Å²) in [6, 6.07) is 0. The van der Waals surface area contributed by atoms with Gasteiger partial charge in [-0.3, -0.25) is 0 Å². The first-order valence-electron chi connectivity index (χ1n) is 3.63. The first kappa shape index (κ1) is 11.6. The van der Waals surface area contributed by atoms with Crippen LogP contribution in [-0.2, 0) is 14.8 Å². The third-order valence-electron chi connectivity index (χ3n) is 1.33. The van der Waals surface area contributed by atoms with Crippen LogP contribution in [0.1, 0.15) is 6.92 Å². The van der Waals surface area contributed by atoms with Crippen molar-refractivity contribution in [1.82, 2.24) is 4.72 Å². The molecule has 72 valence electrons. The minimum absolute atomic E-state index is 0.0521. The second-order valence-electron chi connectivity index (χ2n) is 2.46. The van der Waals surface area contributed by atoms with E-state index in [1.807, 2.05) is 0 Å². The van der Waals surface area contributed by atoms with Crippen LogP contribution >= 0.6 is 0 Å². The highest BCUT2D eigenvalue weighted by molar-refractivity contribution is 7.89. The van der Waals surface area contributed by atoms with Gasteiger partial charge in [0, 0.05) is 13.7 Å². The lowest BCUT2D eigenvalue weighted by Crippen LogP contribution is -2.32. The lowest BCUT2D eigenvalue weighted by Gasteiger charge is -2.09. The topological polar surface area (TPSA) is 55.4 Å². The zero-order valence-electron chi connectivity index (χ0n) is 7.41. The fraction of sp³-hybridized carbons (Fsp3) is 0.714. The molecule has 0 bridgehead atoms. The van der Waals surface area contributed by atoms with Crippen LogP contribution in [0.15, 0.2) is 12.7 Å². The average molecular weight is 193 g/mol. The lowest BCUT2D eigenvalue weighted by atomic mass is 10.4. The number of hydrogen-bond acceptors (Lipinski definition) is 3. The molecule has 5 heteroatoms. The molecule has 0 aliphatic heterocycles. The van der Waals surface area contributed by atoms with Gasteiger partial charge in [-0.05, 0) is 6.92 Å². The molecule has 0 heterocycles. The molecular formula is C7H15NO3S. The van der Waals surface area contributed by atoms with E-state index in [0.717, 1.165) is 0 Å². The van der Waals surface area contributed by atoms with Crippen LogP contribution < -0.4 is 4.72 Å². The predicted molar refractivity (Wildman–Crippen MR) is 48.5 cm³/mol. The van der Waals surface area contributed by atoms with Crippen LogP contribution in [0.25, 0.3) is 0 Å². The van der Waals surface area contributed by atoms with Crippen LogP contribution in [0.2, 0.25) is 0 Å². The predicted octanol–water partition coefficient (Wildman–Crippen LogP) is 0.127. The van der Waals surface area contributed by atoms with E-state index >= 15 is 0 Å². The maximum atomic E-state index is 11.0. The van der Waals surface area contributed by atoms with Gasteiger partial charge in [-0.1, -0.05) is 6.08 Å². The minimum atomic E-state index is -3.18. The van der Waals surface area contributed by atoms with Crippen molar-refractivity contribution in [2.45, 2.75) is 13.0 Å². The Labute approximate surface area is 73.7 Å². The Hall–Kier alpha value is -0.390. The second-order valence-corrected chi connectivity index (χ2v) is 4.32. The Morgan fingerprint density at radius 2 is 2.25 bits per heavy atom. The first-order chi connectivity index (χ1) is 5.52. The van der Waals surface area contributed by atoms with Crippen molar-refractivity contribution < 1.29 is 13.2 Å². The summed E-state index contributed by atoms with van der Waals surface area (Å²) in [7, 11) is -1.65. The molecular weight excluding hydrogens is 178 g/mol. The number of sulfonamides is 1. The molecule has 1 unspecified atom stereocenters. The first-order valence-corrected chi connectivity index (χ1v) is 5.28. The van der Waals surface area contributed by atoms with Crippen molar-refractivity contribution in [3.8, 4) is 0 Å². The highest BCUT2D eigenvalue weighted by atomic mass is 32.2. The smallest absolute Gasteiger partial charge is 0.215 e. The van der Waals surface area contributed by atoms with Crippen LogP contribution in [0, 0.1) is 0 Å². The summed E-state index contributed by atoms with van der Waals surface area (Å²) in [6.45, 7) is 5.43. The molecule has 0 saturated carbocycles. The SMILES string of the molecule is C=CCS(=O)(=O)NCC(C)OC. The van der Waals surface area contributed by atoms with Crippen molar-refractivity contribution in [3.05, 3.63) is 12.7 Å². The zero-order chi connectivity index (χ0) is 9.61. The van der Waals surface area contributed by atoms with Gasteiger partial charge in [0.15, 0.2) is 0 Å². The Balaban J connectivity index is 3.84. The fourth-order valence-corrected chi connectivity index (χ4v) is 1.46. The van der Waals surface area contributed by atoms with Crippen molar-refractivity contribution >= 4 is 10.0 Å². The largest absolute Gasteiger partial charge is 0.380 e. The maximum absolute atomic E-state index is 11.0. The van der Waals surface area contributed by atoms with Crippen molar-refractivity contribution in [2.75, 3.05) is 19.4 Å². The zero-order valence-corrected chi connectivity index (χ0v) is 8.23. The summed E-state index contributed by atoms with van der Waals surface area (Å²) in [4.78, 5) is 0. The summed E-state index contributed by atoms with van der Waals surface area (Å²) < 4.78 is 29.3. The highest BCUT2D eigenvalue weighted by Crippen LogP contribution is 1.88. The Bertz CT molecular complexity index is 223. The molecule has 1 N–H and O–H groups in total. The summed E-state index contributed by atoms with van der Waals surface area (Å²) >= 11 is 0. The van der Waals surface area contributed by atoms with Gasteiger partial charge in [0.1, 0.15) is 0 Å². The molecule has 12 heavy (non-hydrogen) atoms. The van der Waals surface area contributed by atoms with E-state index in [9.17, 15) is 8.42 Å². The molecule has 0 aliphatic carbocycles. The Morgan fingerprint density at radius 1 is 1.67 bits per heavy atom. The molecule has 1 atom stereocenters. The number of rotatable bonds is 6. The summed E-state index contributed by atoms with van der Waals surface area (Å²) in [6.07, 6.45) is 1.24. The molecule has 0 aromatic carbocycles. The van der Waals surface area contributed by atoms with Crippen molar-refractivity contribution in [2.24, 2.45) is 0 Å². The van der Waals surface area contributed by atoms with Gasteiger partial charge in [0.05, 0.1) is 11.9 Å². The van der Waals surface area contributed by atoms with Crippen LogP contribution in [0.3, 0.4) is 0 Å². The second kappa shape index (κ2) is 5.29.